The zero-order valence-electron chi connectivity index (χ0n) is 12.6. The molecule has 1 saturated carbocycles. The molecule has 19 heavy (non-hydrogen) atoms. The van der Waals surface area contributed by atoms with E-state index in [1.54, 1.807) is 0 Å². The minimum Gasteiger partial charge on any atom is -0.329 e. The van der Waals surface area contributed by atoms with E-state index in [4.69, 9.17) is 5.73 Å². The molecule has 2 rings (SSSR count). The fourth-order valence-electron chi connectivity index (χ4n) is 3.49. The number of likely N-dealkylation sites (N-methyl/N-ethyl adjacent to an activating group) is 1. The van der Waals surface area contributed by atoms with Crippen molar-refractivity contribution < 1.29 is 0 Å². The zero-order valence-corrected chi connectivity index (χ0v) is 12.6. The van der Waals surface area contributed by atoms with E-state index in [2.05, 4.69) is 30.0 Å². The summed E-state index contributed by atoms with van der Waals surface area (Å²) in [7, 11) is 4.25. The van der Waals surface area contributed by atoms with Crippen LogP contribution < -0.4 is 5.73 Å². The summed E-state index contributed by atoms with van der Waals surface area (Å²) in [5.41, 5.74) is 7.63. The lowest BCUT2D eigenvalue weighted by atomic mass is 9.75. The summed E-state index contributed by atoms with van der Waals surface area (Å²) in [6.07, 6.45) is 8.08. The molecule has 4 heteroatoms. The summed E-state index contributed by atoms with van der Waals surface area (Å²) in [4.78, 5) is 2.50. The largest absolute Gasteiger partial charge is 0.329 e. The molecule has 0 aliphatic heterocycles. The molecule has 0 amide bonds. The van der Waals surface area contributed by atoms with Crippen molar-refractivity contribution in [3.63, 3.8) is 0 Å². The number of aryl methyl sites for hydroxylation is 1. The first kappa shape index (κ1) is 14.5. The van der Waals surface area contributed by atoms with Crippen molar-refractivity contribution in [1.82, 2.24) is 14.7 Å². The Kier molecular flexibility index (Phi) is 4.63. The maximum atomic E-state index is 6.12. The van der Waals surface area contributed by atoms with E-state index in [-0.39, 0.29) is 5.54 Å². The monoisotopic (exact) mass is 264 g/mol. The third-order valence-corrected chi connectivity index (χ3v) is 4.88. The molecule has 1 fully saturated rings. The molecule has 1 aromatic heterocycles. The molecule has 0 radical (unpaired) electrons. The van der Waals surface area contributed by atoms with Gasteiger partial charge in [-0.2, -0.15) is 5.10 Å². The average molecular weight is 264 g/mol. The third-order valence-electron chi connectivity index (χ3n) is 4.88. The minimum absolute atomic E-state index is 0.219. The predicted octanol–water partition coefficient (Wildman–Crippen LogP) is 1.80. The molecular weight excluding hydrogens is 236 g/mol. The Bertz CT molecular complexity index is 401. The smallest absolute Gasteiger partial charge is 0.0492 e. The standard InChI is InChI=1S/C15H28N4/c1-13-5-4-8-15(11-13,12-16)18(2)10-7-14-6-9-17-19(14)3/h6,9,13H,4-5,7-8,10-12,16H2,1-3H3. The fourth-order valence-corrected chi connectivity index (χ4v) is 3.49. The van der Waals surface area contributed by atoms with E-state index in [9.17, 15) is 0 Å². The number of aromatic nitrogens is 2. The zero-order chi connectivity index (χ0) is 13.9. The van der Waals surface area contributed by atoms with Crippen molar-refractivity contribution in [3.05, 3.63) is 18.0 Å². The Labute approximate surface area is 117 Å². The first-order valence-electron chi connectivity index (χ1n) is 7.45. The fraction of sp³-hybridized carbons (Fsp3) is 0.800. The summed E-state index contributed by atoms with van der Waals surface area (Å²) in [6, 6.07) is 2.10. The van der Waals surface area contributed by atoms with Gasteiger partial charge in [0, 0.05) is 44.0 Å². The van der Waals surface area contributed by atoms with Crippen molar-refractivity contribution in [2.45, 2.75) is 44.6 Å². The van der Waals surface area contributed by atoms with Crippen LogP contribution in [0.15, 0.2) is 12.3 Å². The number of hydrogen-bond donors (Lipinski definition) is 1. The summed E-state index contributed by atoms with van der Waals surface area (Å²) in [5.74, 6) is 0.802. The number of nitrogens with zero attached hydrogens (tertiary/aromatic N) is 3. The Morgan fingerprint density at radius 1 is 1.58 bits per heavy atom. The molecule has 1 aromatic rings. The van der Waals surface area contributed by atoms with Crippen LogP contribution in [0, 0.1) is 5.92 Å². The third kappa shape index (κ3) is 3.18. The molecule has 4 nitrogen and oxygen atoms in total. The van der Waals surface area contributed by atoms with Gasteiger partial charge in [-0.1, -0.05) is 19.8 Å². The van der Waals surface area contributed by atoms with Gasteiger partial charge in [-0.3, -0.25) is 9.58 Å². The molecule has 1 aliphatic carbocycles. The summed E-state index contributed by atoms with van der Waals surface area (Å²) < 4.78 is 1.96. The molecule has 1 heterocycles. The average Bonchev–Trinajstić information content (AvgIpc) is 2.81. The highest BCUT2D eigenvalue weighted by Crippen LogP contribution is 2.35. The van der Waals surface area contributed by atoms with Crippen LogP contribution in [0.3, 0.4) is 0 Å². The minimum atomic E-state index is 0.219. The molecule has 2 N–H and O–H groups in total. The van der Waals surface area contributed by atoms with E-state index in [0.717, 1.165) is 25.4 Å². The van der Waals surface area contributed by atoms with E-state index >= 15 is 0 Å². The Hall–Kier alpha value is -0.870. The molecule has 2 unspecified atom stereocenters. The highest BCUT2D eigenvalue weighted by Gasteiger charge is 2.36. The molecule has 0 spiro atoms. The van der Waals surface area contributed by atoms with Gasteiger partial charge in [0.15, 0.2) is 0 Å². The maximum absolute atomic E-state index is 6.12. The van der Waals surface area contributed by atoms with Gasteiger partial charge < -0.3 is 5.73 Å². The highest BCUT2D eigenvalue weighted by molar-refractivity contribution is 5.02. The van der Waals surface area contributed by atoms with Gasteiger partial charge in [-0.15, -0.1) is 0 Å². The maximum Gasteiger partial charge on any atom is 0.0492 e. The second kappa shape index (κ2) is 6.06. The first-order chi connectivity index (χ1) is 9.07. The Morgan fingerprint density at radius 3 is 2.95 bits per heavy atom. The van der Waals surface area contributed by atoms with Crippen LogP contribution in [-0.2, 0) is 13.5 Å². The normalized spacial score (nSPS) is 27.9. The van der Waals surface area contributed by atoms with Gasteiger partial charge >= 0.3 is 0 Å². The lowest BCUT2D eigenvalue weighted by Crippen LogP contribution is -2.55. The van der Waals surface area contributed by atoms with Gasteiger partial charge in [-0.05, 0) is 31.9 Å². The summed E-state index contributed by atoms with van der Waals surface area (Å²) in [5, 5.41) is 4.23. The van der Waals surface area contributed by atoms with Gasteiger partial charge in [0.05, 0.1) is 0 Å². The van der Waals surface area contributed by atoms with Crippen LogP contribution in [0.4, 0.5) is 0 Å². The second-order valence-corrected chi connectivity index (χ2v) is 6.25. The van der Waals surface area contributed by atoms with Crippen LogP contribution >= 0.6 is 0 Å². The topological polar surface area (TPSA) is 47.1 Å². The van der Waals surface area contributed by atoms with Crippen LogP contribution in [-0.4, -0.2) is 40.4 Å². The SMILES string of the molecule is CC1CCCC(CN)(N(C)CCc2ccnn2C)C1. The molecule has 1 aliphatic rings. The van der Waals surface area contributed by atoms with Gasteiger partial charge in [0.25, 0.3) is 0 Å². The van der Waals surface area contributed by atoms with Gasteiger partial charge in [0.1, 0.15) is 0 Å². The lowest BCUT2D eigenvalue weighted by Gasteiger charge is -2.46. The van der Waals surface area contributed by atoms with Crippen LogP contribution in [0.2, 0.25) is 0 Å². The predicted molar refractivity (Wildman–Crippen MR) is 79.0 cm³/mol. The van der Waals surface area contributed by atoms with E-state index in [1.165, 1.54) is 31.4 Å². The van der Waals surface area contributed by atoms with Crippen molar-refractivity contribution >= 4 is 0 Å². The molecular formula is C15H28N4. The van der Waals surface area contributed by atoms with Crippen molar-refractivity contribution in [1.29, 1.82) is 0 Å². The van der Waals surface area contributed by atoms with Crippen LogP contribution in [0.25, 0.3) is 0 Å². The van der Waals surface area contributed by atoms with Crippen molar-refractivity contribution in [2.75, 3.05) is 20.1 Å². The molecule has 0 saturated heterocycles. The van der Waals surface area contributed by atoms with Crippen LogP contribution in [0.1, 0.15) is 38.3 Å². The summed E-state index contributed by atoms with van der Waals surface area (Å²) in [6.45, 7) is 4.20. The van der Waals surface area contributed by atoms with E-state index < -0.39 is 0 Å². The quantitative estimate of drug-likeness (QED) is 0.882. The van der Waals surface area contributed by atoms with E-state index in [0.29, 0.717) is 0 Å². The highest BCUT2D eigenvalue weighted by atomic mass is 15.3. The number of hydrogen-bond acceptors (Lipinski definition) is 3. The van der Waals surface area contributed by atoms with E-state index in [1.807, 2.05) is 17.9 Å². The second-order valence-electron chi connectivity index (χ2n) is 6.25. The lowest BCUT2D eigenvalue weighted by molar-refractivity contribution is 0.0622. The summed E-state index contributed by atoms with van der Waals surface area (Å²) >= 11 is 0. The molecule has 2 atom stereocenters. The number of nitrogens with two attached hydrogens (primary N) is 1. The van der Waals surface area contributed by atoms with Crippen molar-refractivity contribution in [3.8, 4) is 0 Å². The molecule has 108 valence electrons. The molecule has 0 aromatic carbocycles. The van der Waals surface area contributed by atoms with Gasteiger partial charge in [-0.25, -0.2) is 0 Å². The Morgan fingerprint density at radius 2 is 2.37 bits per heavy atom. The first-order valence-corrected chi connectivity index (χ1v) is 7.45. The Balaban J connectivity index is 1.97. The van der Waals surface area contributed by atoms with Crippen molar-refractivity contribution in [2.24, 2.45) is 18.7 Å². The van der Waals surface area contributed by atoms with Gasteiger partial charge in [0.2, 0.25) is 0 Å². The number of rotatable bonds is 5. The van der Waals surface area contributed by atoms with Crippen LogP contribution in [0.5, 0.6) is 0 Å². The molecule has 0 bridgehead atoms.